The van der Waals surface area contributed by atoms with Crippen molar-refractivity contribution in [1.82, 2.24) is 24.8 Å². The third-order valence-electron chi connectivity index (χ3n) is 5.32. The lowest BCUT2D eigenvalue weighted by Gasteiger charge is -2.31. The first-order valence-corrected chi connectivity index (χ1v) is 9.54. The van der Waals surface area contributed by atoms with Gasteiger partial charge in [-0.05, 0) is 43.0 Å². The topological polar surface area (TPSA) is 80.1 Å². The highest BCUT2D eigenvalue weighted by Crippen LogP contribution is 2.18. The lowest BCUT2D eigenvalue weighted by molar-refractivity contribution is -0.130. The Bertz CT molecular complexity index is 987. The highest BCUT2D eigenvalue weighted by atomic mass is 16.2. The fourth-order valence-electron chi connectivity index (χ4n) is 3.60. The molecule has 0 bridgehead atoms. The average Bonchev–Trinajstić information content (AvgIpc) is 3.16. The van der Waals surface area contributed by atoms with Crippen LogP contribution in [-0.2, 0) is 4.79 Å². The molecule has 1 aromatic carbocycles. The lowest BCUT2D eigenvalue weighted by atomic mass is 9.96. The number of likely N-dealkylation sites (tertiary alicyclic amines) is 1. The monoisotopic (exact) mass is 377 g/mol. The van der Waals surface area contributed by atoms with E-state index in [-0.39, 0.29) is 11.8 Å². The van der Waals surface area contributed by atoms with Gasteiger partial charge in [0.15, 0.2) is 0 Å². The molecular weight excluding hydrogens is 354 g/mol. The van der Waals surface area contributed by atoms with Gasteiger partial charge in [0.25, 0.3) is 5.91 Å². The minimum Gasteiger partial charge on any atom is -0.352 e. The molecular formula is C21H23N5O2. The van der Waals surface area contributed by atoms with Gasteiger partial charge in [0.1, 0.15) is 12.1 Å². The molecule has 7 nitrogen and oxygen atoms in total. The second-order valence-corrected chi connectivity index (χ2v) is 7.17. The fraction of sp³-hybridized carbons (Fsp3) is 0.333. The summed E-state index contributed by atoms with van der Waals surface area (Å²) in [6, 6.07) is 11.5. The molecule has 0 spiro atoms. The van der Waals surface area contributed by atoms with E-state index in [9.17, 15) is 9.59 Å². The van der Waals surface area contributed by atoms with Crippen molar-refractivity contribution >= 4 is 22.8 Å². The highest BCUT2D eigenvalue weighted by Gasteiger charge is 2.21. The number of benzene rings is 1. The minimum atomic E-state index is -0.122. The van der Waals surface area contributed by atoms with Crippen LogP contribution in [0.15, 0.2) is 48.9 Å². The van der Waals surface area contributed by atoms with Gasteiger partial charge in [-0.1, -0.05) is 12.1 Å². The van der Waals surface area contributed by atoms with Crippen LogP contribution in [0.25, 0.3) is 16.9 Å². The smallest absolute Gasteiger partial charge is 0.252 e. The number of carbonyl (C=O) groups is 2. The predicted octanol–water partition coefficient (Wildman–Crippen LogP) is 2.41. The van der Waals surface area contributed by atoms with Gasteiger partial charge in [0.2, 0.25) is 5.91 Å². The van der Waals surface area contributed by atoms with Crippen LogP contribution in [0, 0.1) is 5.92 Å². The van der Waals surface area contributed by atoms with Crippen LogP contribution in [0.4, 0.5) is 0 Å². The minimum absolute atomic E-state index is 0.122. The van der Waals surface area contributed by atoms with Gasteiger partial charge >= 0.3 is 0 Å². The van der Waals surface area contributed by atoms with Crippen LogP contribution >= 0.6 is 0 Å². The molecule has 1 saturated heterocycles. The maximum absolute atomic E-state index is 12.4. The molecule has 0 saturated carbocycles. The number of imidazole rings is 1. The zero-order valence-corrected chi connectivity index (χ0v) is 15.8. The van der Waals surface area contributed by atoms with Crippen LogP contribution in [0.1, 0.15) is 30.1 Å². The molecule has 28 heavy (non-hydrogen) atoms. The molecule has 144 valence electrons. The zero-order valence-electron chi connectivity index (χ0n) is 15.8. The molecule has 4 rings (SSSR count). The summed E-state index contributed by atoms with van der Waals surface area (Å²) in [5, 5.41) is 3.00. The van der Waals surface area contributed by atoms with Gasteiger partial charge in [-0.3, -0.25) is 14.2 Å². The van der Waals surface area contributed by atoms with Crippen molar-refractivity contribution in [3.05, 3.63) is 54.5 Å². The third kappa shape index (κ3) is 3.74. The van der Waals surface area contributed by atoms with Crippen molar-refractivity contribution in [3.63, 3.8) is 0 Å². The Morgan fingerprint density at radius 1 is 1.11 bits per heavy atom. The van der Waals surface area contributed by atoms with Crippen molar-refractivity contribution in [3.8, 4) is 5.82 Å². The number of para-hydroxylation sites is 2. The summed E-state index contributed by atoms with van der Waals surface area (Å²) in [5.41, 5.74) is 2.42. The Labute approximate surface area is 163 Å². The Morgan fingerprint density at radius 2 is 1.89 bits per heavy atom. The lowest BCUT2D eigenvalue weighted by Crippen LogP contribution is -2.40. The van der Waals surface area contributed by atoms with Crippen molar-refractivity contribution < 1.29 is 9.59 Å². The first kappa shape index (κ1) is 18.2. The normalized spacial score (nSPS) is 15.0. The number of nitrogens with zero attached hydrogens (tertiary/aromatic N) is 4. The molecule has 1 aliphatic rings. The molecule has 7 heteroatoms. The van der Waals surface area contributed by atoms with E-state index in [1.165, 1.54) is 0 Å². The molecule has 0 aliphatic carbocycles. The quantitative estimate of drug-likeness (QED) is 0.757. The molecule has 2 amide bonds. The third-order valence-corrected chi connectivity index (χ3v) is 5.32. The van der Waals surface area contributed by atoms with E-state index in [2.05, 4.69) is 15.3 Å². The van der Waals surface area contributed by atoms with Crippen molar-refractivity contribution in [2.45, 2.75) is 19.8 Å². The molecule has 1 aliphatic heterocycles. The average molecular weight is 377 g/mol. The molecule has 1 fully saturated rings. The van der Waals surface area contributed by atoms with Gasteiger partial charge in [-0.15, -0.1) is 0 Å². The van der Waals surface area contributed by atoms with Crippen molar-refractivity contribution in [2.24, 2.45) is 5.92 Å². The van der Waals surface area contributed by atoms with E-state index < -0.39 is 0 Å². The van der Waals surface area contributed by atoms with E-state index in [0.29, 0.717) is 18.0 Å². The largest absolute Gasteiger partial charge is 0.352 e. The molecule has 2 aromatic heterocycles. The number of aromatic nitrogens is 3. The van der Waals surface area contributed by atoms with Crippen molar-refractivity contribution in [2.75, 3.05) is 19.6 Å². The zero-order chi connectivity index (χ0) is 19.5. The number of carbonyl (C=O) groups excluding carboxylic acids is 2. The molecule has 0 unspecified atom stereocenters. The molecule has 1 N–H and O–H groups in total. The Balaban J connectivity index is 1.36. The van der Waals surface area contributed by atoms with Crippen LogP contribution in [0.5, 0.6) is 0 Å². The summed E-state index contributed by atoms with van der Waals surface area (Å²) in [5.74, 6) is 1.13. The fourth-order valence-corrected chi connectivity index (χ4v) is 3.60. The van der Waals surface area contributed by atoms with Gasteiger partial charge in [-0.2, -0.15) is 0 Å². The van der Waals surface area contributed by atoms with E-state index in [0.717, 1.165) is 42.8 Å². The standard InChI is InChI=1S/C21H23N5O2/c1-15(27)25-10-8-16(9-11-25)12-23-21(28)17-6-7-20(22-13-17)26-14-24-18-4-2-3-5-19(18)26/h2-7,13-14,16H,8-12H2,1H3,(H,23,28). The van der Waals surface area contributed by atoms with E-state index in [1.807, 2.05) is 39.8 Å². The maximum Gasteiger partial charge on any atom is 0.252 e. The number of pyridine rings is 1. The van der Waals surface area contributed by atoms with Crippen molar-refractivity contribution in [1.29, 1.82) is 0 Å². The number of amides is 2. The van der Waals surface area contributed by atoms with E-state index in [1.54, 1.807) is 25.5 Å². The second kappa shape index (κ2) is 7.80. The summed E-state index contributed by atoms with van der Waals surface area (Å²) in [4.78, 5) is 34.5. The van der Waals surface area contributed by atoms with Crippen LogP contribution in [-0.4, -0.2) is 50.9 Å². The van der Waals surface area contributed by atoms with Gasteiger partial charge < -0.3 is 10.2 Å². The number of fused-ring (bicyclic) bond motifs is 1. The Kier molecular flexibility index (Phi) is 5.06. The Morgan fingerprint density at radius 3 is 2.61 bits per heavy atom. The summed E-state index contributed by atoms with van der Waals surface area (Å²) >= 11 is 0. The summed E-state index contributed by atoms with van der Waals surface area (Å²) in [6.45, 7) is 3.76. The number of piperidine rings is 1. The predicted molar refractivity (Wildman–Crippen MR) is 106 cm³/mol. The number of hydrogen-bond donors (Lipinski definition) is 1. The SMILES string of the molecule is CC(=O)N1CCC(CNC(=O)c2ccc(-n3cnc4ccccc43)nc2)CC1. The first-order valence-electron chi connectivity index (χ1n) is 9.54. The van der Waals surface area contributed by atoms with Gasteiger partial charge in [-0.25, -0.2) is 9.97 Å². The van der Waals surface area contributed by atoms with Crippen LogP contribution < -0.4 is 5.32 Å². The van der Waals surface area contributed by atoms with Crippen LogP contribution in [0.2, 0.25) is 0 Å². The molecule has 0 atom stereocenters. The number of rotatable bonds is 4. The van der Waals surface area contributed by atoms with E-state index >= 15 is 0 Å². The molecule has 0 radical (unpaired) electrons. The second-order valence-electron chi connectivity index (χ2n) is 7.17. The highest BCUT2D eigenvalue weighted by molar-refractivity contribution is 5.94. The van der Waals surface area contributed by atoms with Gasteiger partial charge in [0.05, 0.1) is 16.6 Å². The first-order chi connectivity index (χ1) is 13.6. The number of hydrogen-bond acceptors (Lipinski definition) is 4. The maximum atomic E-state index is 12.4. The van der Waals surface area contributed by atoms with E-state index in [4.69, 9.17) is 0 Å². The molecule has 3 aromatic rings. The number of nitrogens with one attached hydrogen (secondary N) is 1. The summed E-state index contributed by atoms with van der Waals surface area (Å²) in [6.07, 6.45) is 5.17. The van der Waals surface area contributed by atoms with Crippen LogP contribution in [0.3, 0.4) is 0 Å². The summed E-state index contributed by atoms with van der Waals surface area (Å²) in [7, 11) is 0. The van der Waals surface area contributed by atoms with Gasteiger partial charge in [0, 0.05) is 32.8 Å². The Hall–Kier alpha value is -3.22. The summed E-state index contributed by atoms with van der Waals surface area (Å²) < 4.78 is 1.90. The molecule has 3 heterocycles.